The molecule has 0 aliphatic carbocycles. The van der Waals surface area contributed by atoms with Crippen LogP contribution in [0.3, 0.4) is 0 Å². The third-order valence-corrected chi connectivity index (χ3v) is 4.45. The van der Waals surface area contributed by atoms with E-state index in [1.807, 2.05) is 24.3 Å². The first kappa shape index (κ1) is 18.9. The summed E-state index contributed by atoms with van der Waals surface area (Å²) in [6, 6.07) is 7.46. The Morgan fingerprint density at radius 2 is 2.11 bits per heavy atom. The maximum absolute atomic E-state index is 12.7. The highest BCUT2D eigenvalue weighted by Crippen LogP contribution is 2.16. The number of nitrogens with one attached hydrogen (secondary N) is 2. The second kappa shape index (κ2) is 8.22. The van der Waals surface area contributed by atoms with Gasteiger partial charge in [0, 0.05) is 23.6 Å². The van der Waals surface area contributed by atoms with E-state index in [-0.39, 0.29) is 30.1 Å². The summed E-state index contributed by atoms with van der Waals surface area (Å²) in [5.41, 5.74) is 1.64. The van der Waals surface area contributed by atoms with Crippen LogP contribution in [-0.2, 0) is 22.5 Å². The summed E-state index contributed by atoms with van der Waals surface area (Å²) in [4.78, 5) is 32.9. The number of benzene rings is 1. The average Bonchev–Trinajstić information content (AvgIpc) is 3.04. The van der Waals surface area contributed by atoms with Gasteiger partial charge in [0.05, 0.1) is 12.3 Å². The SMILES string of the molecule is CCOC(=O)CCc1c(C)nc2nc(NCc3ccccc3Cl)[nH]n2c1=O. The minimum absolute atomic E-state index is 0.128. The van der Waals surface area contributed by atoms with E-state index < -0.39 is 0 Å². The molecule has 0 aliphatic heterocycles. The fourth-order valence-electron chi connectivity index (χ4n) is 2.70. The van der Waals surface area contributed by atoms with E-state index in [2.05, 4.69) is 20.4 Å². The predicted octanol–water partition coefficient (Wildman–Crippen LogP) is 2.49. The van der Waals surface area contributed by atoms with Crippen LogP contribution in [0.5, 0.6) is 0 Å². The van der Waals surface area contributed by atoms with Crippen LogP contribution in [0.4, 0.5) is 5.95 Å². The third-order valence-electron chi connectivity index (χ3n) is 4.08. The number of carbonyl (C=O) groups excluding carboxylic acids is 1. The zero-order valence-electron chi connectivity index (χ0n) is 15.1. The Balaban J connectivity index is 1.80. The van der Waals surface area contributed by atoms with Crippen molar-refractivity contribution >= 4 is 29.3 Å². The van der Waals surface area contributed by atoms with Gasteiger partial charge in [0.2, 0.25) is 5.95 Å². The van der Waals surface area contributed by atoms with Gasteiger partial charge >= 0.3 is 5.97 Å². The van der Waals surface area contributed by atoms with Crippen molar-refractivity contribution in [3.05, 3.63) is 56.5 Å². The van der Waals surface area contributed by atoms with Gasteiger partial charge in [-0.15, -0.1) is 0 Å². The molecule has 142 valence electrons. The first-order chi connectivity index (χ1) is 13.0. The van der Waals surface area contributed by atoms with E-state index in [0.29, 0.717) is 35.4 Å². The third kappa shape index (κ3) is 4.28. The monoisotopic (exact) mass is 389 g/mol. The number of esters is 1. The average molecular weight is 390 g/mol. The number of anilines is 1. The largest absolute Gasteiger partial charge is 0.466 e. The summed E-state index contributed by atoms with van der Waals surface area (Å²) >= 11 is 6.14. The zero-order chi connectivity index (χ0) is 19.4. The maximum atomic E-state index is 12.7. The Morgan fingerprint density at radius 3 is 2.85 bits per heavy atom. The molecule has 0 saturated carbocycles. The van der Waals surface area contributed by atoms with E-state index in [1.54, 1.807) is 13.8 Å². The molecule has 0 atom stereocenters. The van der Waals surface area contributed by atoms with E-state index >= 15 is 0 Å². The van der Waals surface area contributed by atoms with Crippen molar-refractivity contribution in [2.75, 3.05) is 11.9 Å². The minimum atomic E-state index is -0.340. The lowest BCUT2D eigenvalue weighted by molar-refractivity contribution is -0.143. The number of fused-ring (bicyclic) bond motifs is 1. The van der Waals surface area contributed by atoms with E-state index in [0.717, 1.165) is 5.56 Å². The fourth-order valence-corrected chi connectivity index (χ4v) is 2.91. The van der Waals surface area contributed by atoms with Crippen molar-refractivity contribution in [2.24, 2.45) is 0 Å². The molecule has 0 bridgehead atoms. The number of aryl methyl sites for hydroxylation is 1. The molecule has 27 heavy (non-hydrogen) atoms. The molecule has 0 fully saturated rings. The summed E-state index contributed by atoms with van der Waals surface area (Å²) in [5.74, 6) is 0.327. The predicted molar refractivity (Wildman–Crippen MR) is 102 cm³/mol. The van der Waals surface area contributed by atoms with Gasteiger partial charge in [-0.2, -0.15) is 9.50 Å². The summed E-state index contributed by atoms with van der Waals surface area (Å²) < 4.78 is 6.18. The molecule has 2 aromatic heterocycles. The Morgan fingerprint density at radius 1 is 1.33 bits per heavy atom. The molecule has 0 radical (unpaired) electrons. The Hall–Kier alpha value is -2.87. The molecule has 2 N–H and O–H groups in total. The van der Waals surface area contributed by atoms with E-state index in [4.69, 9.17) is 16.3 Å². The fraction of sp³-hybridized carbons (Fsp3) is 0.333. The number of aromatic nitrogens is 4. The number of halogens is 1. The smallest absolute Gasteiger partial charge is 0.306 e. The minimum Gasteiger partial charge on any atom is -0.466 e. The standard InChI is InChI=1S/C18H20ClN5O3/c1-3-27-15(25)9-8-13-11(2)21-18-22-17(23-24(18)16(13)26)20-10-12-6-4-5-7-14(12)19/h4-7H,3,8-10H2,1-2H3,(H2,20,21,22,23). The van der Waals surface area contributed by atoms with Gasteiger partial charge in [-0.1, -0.05) is 29.8 Å². The number of nitrogens with zero attached hydrogens (tertiary/aromatic N) is 3. The van der Waals surface area contributed by atoms with Crippen LogP contribution in [0.1, 0.15) is 30.2 Å². The molecule has 0 amide bonds. The highest BCUT2D eigenvalue weighted by Gasteiger charge is 2.15. The normalized spacial score (nSPS) is 10.9. The van der Waals surface area contributed by atoms with Crippen LogP contribution < -0.4 is 10.9 Å². The second-order valence-electron chi connectivity index (χ2n) is 5.94. The van der Waals surface area contributed by atoms with Gasteiger partial charge in [0.25, 0.3) is 11.3 Å². The molecule has 2 heterocycles. The summed E-state index contributed by atoms with van der Waals surface area (Å²) in [6.07, 6.45) is 0.393. The number of H-pyrrole nitrogens is 1. The number of ether oxygens (including phenoxy) is 1. The molecule has 9 heteroatoms. The number of carbonyl (C=O) groups is 1. The van der Waals surface area contributed by atoms with Crippen molar-refractivity contribution in [3.8, 4) is 0 Å². The molecule has 0 spiro atoms. The Labute approximate surface area is 160 Å². The molecule has 0 aliphatic rings. The van der Waals surface area contributed by atoms with Crippen LogP contribution in [0.2, 0.25) is 5.02 Å². The zero-order valence-corrected chi connectivity index (χ0v) is 15.8. The van der Waals surface area contributed by atoms with E-state index in [9.17, 15) is 9.59 Å². The van der Waals surface area contributed by atoms with Crippen LogP contribution in [-0.4, -0.2) is 32.2 Å². The highest BCUT2D eigenvalue weighted by molar-refractivity contribution is 6.31. The molecule has 0 saturated heterocycles. The van der Waals surface area contributed by atoms with Gasteiger partial charge in [-0.25, -0.2) is 4.98 Å². The first-order valence-electron chi connectivity index (χ1n) is 8.60. The Bertz CT molecular complexity index is 1030. The molecular formula is C18H20ClN5O3. The van der Waals surface area contributed by atoms with Crippen LogP contribution >= 0.6 is 11.6 Å². The van der Waals surface area contributed by atoms with Gasteiger partial charge in [-0.05, 0) is 31.9 Å². The lowest BCUT2D eigenvalue weighted by Crippen LogP contribution is -2.23. The van der Waals surface area contributed by atoms with Crippen LogP contribution in [0.15, 0.2) is 29.1 Å². The summed E-state index contributed by atoms with van der Waals surface area (Å²) in [6.45, 7) is 4.23. The number of rotatable bonds is 7. The second-order valence-corrected chi connectivity index (χ2v) is 6.35. The lowest BCUT2D eigenvalue weighted by atomic mass is 10.1. The van der Waals surface area contributed by atoms with Crippen LogP contribution in [0, 0.1) is 6.92 Å². The van der Waals surface area contributed by atoms with Crippen molar-refractivity contribution in [2.45, 2.75) is 33.2 Å². The topological polar surface area (TPSA) is 101 Å². The molecule has 0 unspecified atom stereocenters. The summed E-state index contributed by atoms with van der Waals surface area (Å²) in [5, 5.41) is 6.64. The molecule has 8 nitrogen and oxygen atoms in total. The van der Waals surface area contributed by atoms with Gasteiger partial charge in [-0.3, -0.25) is 14.7 Å². The number of aromatic amines is 1. The number of hydrogen-bond acceptors (Lipinski definition) is 6. The van der Waals surface area contributed by atoms with Crippen molar-refractivity contribution in [1.82, 2.24) is 19.6 Å². The van der Waals surface area contributed by atoms with Gasteiger partial charge < -0.3 is 10.1 Å². The molecule has 1 aromatic carbocycles. The quantitative estimate of drug-likeness (QED) is 0.602. The van der Waals surface area contributed by atoms with Gasteiger partial charge in [0.1, 0.15) is 0 Å². The molecule has 3 aromatic rings. The summed E-state index contributed by atoms with van der Waals surface area (Å²) in [7, 11) is 0. The van der Waals surface area contributed by atoms with Crippen LogP contribution in [0.25, 0.3) is 5.78 Å². The first-order valence-corrected chi connectivity index (χ1v) is 8.98. The van der Waals surface area contributed by atoms with Gasteiger partial charge in [0.15, 0.2) is 0 Å². The maximum Gasteiger partial charge on any atom is 0.306 e. The number of hydrogen-bond donors (Lipinski definition) is 2. The molecular weight excluding hydrogens is 370 g/mol. The molecule has 3 rings (SSSR count). The Kier molecular flexibility index (Phi) is 5.75. The van der Waals surface area contributed by atoms with Crippen molar-refractivity contribution in [3.63, 3.8) is 0 Å². The highest BCUT2D eigenvalue weighted by atomic mass is 35.5. The van der Waals surface area contributed by atoms with Crippen molar-refractivity contribution in [1.29, 1.82) is 0 Å². The van der Waals surface area contributed by atoms with E-state index in [1.165, 1.54) is 4.52 Å². The van der Waals surface area contributed by atoms with Crippen molar-refractivity contribution < 1.29 is 9.53 Å². The lowest BCUT2D eigenvalue weighted by Gasteiger charge is -2.05.